The first kappa shape index (κ1) is 15.1. The quantitative estimate of drug-likeness (QED) is 0.781. The van der Waals surface area contributed by atoms with Crippen LogP contribution in [0.25, 0.3) is 0 Å². The first-order chi connectivity index (χ1) is 11.2. The zero-order valence-electron chi connectivity index (χ0n) is 13.1. The van der Waals surface area contributed by atoms with Crippen molar-refractivity contribution in [2.75, 3.05) is 11.4 Å². The maximum Gasteiger partial charge on any atom is 0.258 e. The van der Waals surface area contributed by atoms with Crippen LogP contribution in [-0.4, -0.2) is 24.2 Å². The molecule has 3 nitrogen and oxygen atoms in total. The summed E-state index contributed by atoms with van der Waals surface area (Å²) in [6.07, 6.45) is 6.04. The fourth-order valence-corrected chi connectivity index (χ4v) is 2.97. The molecule has 1 heterocycles. The van der Waals surface area contributed by atoms with Gasteiger partial charge in [0.15, 0.2) is 0 Å². The molecule has 23 heavy (non-hydrogen) atoms. The topological polar surface area (TPSA) is 32.7 Å². The Hall–Kier alpha value is -2.86. The van der Waals surface area contributed by atoms with Gasteiger partial charge in [-0.1, -0.05) is 42.3 Å². The number of para-hydroxylation sites is 1. The number of anilines is 1. The van der Waals surface area contributed by atoms with Crippen molar-refractivity contribution in [2.45, 2.75) is 19.4 Å². The second kappa shape index (κ2) is 6.50. The highest BCUT2D eigenvalue weighted by atomic mass is 16.2. The van der Waals surface area contributed by atoms with Crippen molar-refractivity contribution in [3.8, 4) is 12.3 Å². The van der Waals surface area contributed by atoms with E-state index in [1.807, 2.05) is 66.4 Å². The Morgan fingerprint density at radius 3 is 2.65 bits per heavy atom. The molecule has 2 aromatic carbocycles. The van der Waals surface area contributed by atoms with E-state index in [4.69, 9.17) is 6.42 Å². The van der Waals surface area contributed by atoms with Gasteiger partial charge in [0.05, 0.1) is 12.2 Å². The third-order valence-electron chi connectivity index (χ3n) is 4.00. The lowest BCUT2D eigenvalue weighted by molar-refractivity contribution is 0.0978. The molecule has 2 aromatic rings. The summed E-state index contributed by atoms with van der Waals surface area (Å²) < 4.78 is 0. The Balaban J connectivity index is 2.05. The molecule has 1 unspecified atom stereocenters. The molecule has 0 aromatic heterocycles. The standard InChI is InChI=1S/C20H18N2O/c1-3-13-21-18-14-15(2)22(19-12-8-7-11-17(18)19)20(23)16-9-5-4-6-10-16/h1,4-12,15H,13-14H2,2H3/b21-18+. The molecule has 0 bridgehead atoms. The Morgan fingerprint density at radius 1 is 1.22 bits per heavy atom. The van der Waals surface area contributed by atoms with Crippen LogP contribution in [0.15, 0.2) is 59.6 Å². The number of terminal acetylenes is 1. The smallest absolute Gasteiger partial charge is 0.258 e. The van der Waals surface area contributed by atoms with E-state index in [0.717, 1.165) is 17.0 Å². The summed E-state index contributed by atoms with van der Waals surface area (Å²) in [6, 6.07) is 17.3. The molecular weight excluding hydrogens is 284 g/mol. The van der Waals surface area contributed by atoms with E-state index in [2.05, 4.69) is 10.9 Å². The molecule has 0 fully saturated rings. The molecule has 114 valence electrons. The van der Waals surface area contributed by atoms with Gasteiger partial charge in [0.2, 0.25) is 0 Å². The first-order valence-electron chi connectivity index (χ1n) is 7.67. The van der Waals surface area contributed by atoms with Crippen molar-refractivity contribution in [2.24, 2.45) is 4.99 Å². The van der Waals surface area contributed by atoms with Crippen molar-refractivity contribution in [1.82, 2.24) is 0 Å². The molecule has 0 spiro atoms. The maximum absolute atomic E-state index is 12.9. The van der Waals surface area contributed by atoms with E-state index in [-0.39, 0.29) is 11.9 Å². The van der Waals surface area contributed by atoms with Crippen LogP contribution in [0.4, 0.5) is 5.69 Å². The molecule has 0 radical (unpaired) electrons. The molecule has 1 aliphatic heterocycles. The molecule has 1 amide bonds. The number of carbonyl (C=O) groups excluding carboxylic acids is 1. The van der Waals surface area contributed by atoms with Crippen LogP contribution >= 0.6 is 0 Å². The number of rotatable bonds is 2. The molecule has 0 saturated heterocycles. The minimum absolute atomic E-state index is 0.0153. The fourth-order valence-electron chi connectivity index (χ4n) is 2.97. The molecule has 1 atom stereocenters. The zero-order valence-corrected chi connectivity index (χ0v) is 13.1. The highest BCUT2D eigenvalue weighted by Gasteiger charge is 2.31. The van der Waals surface area contributed by atoms with Crippen LogP contribution in [0.2, 0.25) is 0 Å². The summed E-state index contributed by atoms with van der Waals surface area (Å²) in [5.41, 5.74) is 3.56. The van der Waals surface area contributed by atoms with Crippen LogP contribution in [0.1, 0.15) is 29.3 Å². The van der Waals surface area contributed by atoms with E-state index in [9.17, 15) is 4.79 Å². The highest BCUT2D eigenvalue weighted by Crippen LogP contribution is 2.32. The fraction of sp³-hybridized carbons (Fsp3) is 0.200. The third-order valence-corrected chi connectivity index (χ3v) is 4.00. The summed E-state index contributed by atoms with van der Waals surface area (Å²) in [5, 5.41) is 0. The molecule has 0 aliphatic carbocycles. The molecular formula is C20H18N2O. The van der Waals surface area contributed by atoms with Crippen molar-refractivity contribution in [1.29, 1.82) is 0 Å². The second-order valence-corrected chi connectivity index (χ2v) is 5.58. The molecule has 0 N–H and O–H groups in total. The van der Waals surface area contributed by atoms with Crippen molar-refractivity contribution in [3.63, 3.8) is 0 Å². The van der Waals surface area contributed by atoms with Crippen molar-refractivity contribution < 1.29 is 4.79 Å². The predicted molar refractivity (Wildman–Crippen MR) is 94.0 cm³/mol. The van der Waals surface area contributed by atoms with E-state index < -0.39 is 0 Å². The number of aliphatic imine (C=N–C) groups is 1. The van der Waals surface area contributed by atoms with Crippen molar-refractivity contribution in [3.05, 3.63) is 65.7 Å². The normalized spacial score (nSPS) is 18.3. The van der Waals surface area contributed by atoms with Gasteiger partial charge >= 0.3 is 0 Å². The second-order valence-electron chi connectivity index (χ2n) is 5.58. The van der Waals surface area contributed by atoms with Gasteiger partial charge in [0.1, 0.15) is 0 Å². The molecule has 3 heteroatoms. The highest BCUT2D eigenvalue weighted by molar-refractivity contribution is 6.15. The monoisotopic (exact) mass is 302 g/mol. The lowest BCUT2D eigenvalue weighted by atomic mass is 9.93. The third kappa shape index (κ3) is 2.89. The number of fused-ring (bicyclic) bond motifs is 1. The van der Waals surface area contributed by atoms with E-state index in [1.54, 1.807) is 0 Å². The van der Waals surface area contributed by atoms with Crippen LogP contribution < -0.4 is 4.90 Å². The van der Waals surface area contributed by atoms with Crippen LogP contribution in [-0.2, 0) is 0 Å². The Labute approximate surface area is 136 Å². The lowest BCUT2D eigenvalue weighted by Crippen LogP contribution is -2.44. The molecule has 0 saturated carbocycles. The maximum atomic E-state index is 12.9. The van der Waals surface area contributed by atoms with Gasteiger partial charge in [-0.3, -0.25) is 9.79 Å². The average Bonchev–Trinajstić information content (AvgIpc) is 2.60. The van der Waals surface area contributed by atoms with Crippen LogP contribution in [0, 0.1) is 12.3 Å². The number of nitrogens with zero attached hydrogens (tertiary/aromatic N) is 2. The van der Waals surface area contributed by atoms with E-state index >= 15 is 0 Å². The lowest BCUT2D eigenvalue weighted by Gasteiger charge is -2.36. The summed E-state index contributed by atoms with van der Waals surface area (Å²) in [7, 11) is 0. The Morgan fingerprint density at radius 2 is 1.91 bits per heavy atom. The molecule has 3 rings (SSSR count). The SMILES string of the molecule is C#CC/N=C1\CC(C)N(C(=O)c2ccccc2)c2ccccc21. The van der Waals surface area contributed by atoms with Crippen LogP contribution in [0.5, 0.6) is 0 Å². The van der Waals surface area contributed by atoms with Gasteiger partial charge in [0.25, 0.3) is 5.91 Å². The predicted octanol–water partition coefficient (Wildman–Crippen LogP) is 3.55. The minimum Gasteiger partial charge on any atom is -0.305 e. The van der Waals surface area contributed by atoms with Crippen molar-refractivity contribution >= 4 is 17.3 Å². The summed E-state index contributed by atoms with van der Waals surface area (Å²) >= 11 is 0. The first-order valence-corrected chi connectivity index (χ1v) is 7.67. The van der Waals surface area contributed by atoms with E-state index in [0.29, 0.717) is 18.5 Å². The zero-order chi connectivity index (χ0) is 16.2. The Kier molecular flexibility index (Phi) is 4.25. The van der Waals surface area contributed by atoms with Gasteiger partial charge in [0, 0.05) is 29.3 Å². The number of hydrogen-bond donors (Lipinski definition) is 0. The Bertz CT molecular complexity index is 787. The van der Waals surface area contributed by atoms with Gasteiger partial charge < -0.3 is 4.90 Å². The number of carbonyl (C=O) groups is 1. The van der Waals surface area contributed by atoms with Gasteiger partial charge in [-0.2, -0.15) is 0 Å². The van der Waals surface area contributed by atoms with E-state index in [1.165, 1.54) is 0 Å². The van der Waals surface area contributed by atoms with Crippen LogP contribution in [0.3, 0.4) is 0 Å². The number of benzene rings is 2. The molecule has 1 aliphatic rings. The number of hydrogen-bond acceptors (Lipinski definition) is 2. The average molecular weight is 302 g/mol. The van der Waals surface area contributed by atoms with Gasteiger partial charge in [-0.25, -0.2) is 0 Å². The minimum atomic E-state index is 0.0153. The summed E-state index contributed by atoms with van der Waals surface area (Å²) in [5.74, 6) is 2.57. The van der Waals surface area contributed by atoms with Gasteiger partial charge in [-0.05, 0) is 25.1 Å². The number of amides is 1. The summed E-state index contributed by atoms with van der Waals surface area (Å²) in [6.45, 7) is 2.41. The summed E-state index contributed by atoms with van der Waals surface area (Å²) in [4.78, 5) is 19.3. The van der Waals surface area contributed by atoms with Gasteiger partial charge in [-0.15, -0.1) is 6.42 Å². The largest absolute Gasteiger partial charge is 0.305 e.